The van der Waals surface area contributed by atoms with Gasteiger partial charge >= 0.3 is 41.5 Å². The van der Waals surface area contributed by atoms with Crippen molar-refractivity contribution in [3.05, 3.63) is 0 Å². The number of aliphatic carboxylic acids is 2. The molecule has 0 aliphatic carbocycles. The summed E-state index contributed by atoms with van der Waals surface area (Å²) >= 11 is 0. The summed E-state index contributed by atoms with van der Waals surface area (Å²) in [7, 11) is 0. The number of aliphatic hydroxyl groups excluding tert-OH is 1. The average Bonchev–Trinajstić information content (AvgIpc) is 1.82. The van der Waals surface area contributed by atoms with Gasteiger partial charge in [-0.2, -0.15) is 0 Å². The molecule has 0 spiro atoms. The van der Waals surface area contributed by atoms with E-state index in [-0.39, 0.29) is 42.4 Å². The van der Waals surface area contributed by atoms with Crippen LogP contribution < -0.4 is 0 Å². The normalized spacial score (nSPS) is 11.4. The number of carboxylic acids is 2. The van der Waals surface area contributed by atoms with Crippen molar-refractivity contribution in [3.8, 4) is 0 Å². The minimum absolute atomic E-state index is 0. The summed E-state index contributed by atoms with van der Waals surface area (Å²) in [6.07, 6.45) is -2.13. The Labute approximate surface area is 85.3 Å². The minimum atomic E-state index is -1.56. The van der Waals surface area contributed by atoms with Crippen molar-refractivity contribution in [1.82, 2.24) is 0 Å². The van der Waals surface area contributed by atoms with Gasteiger partial charge in [0.15, 0.2) is 6.10 Å². The van der Waals surface area contributed by atoms with E-state index in [1.165, 1.54) is 0 Å². The van der Waals surface area contributed by atoms with Gasteiger partial charge in [-0.25, -0.2) is 4.79 Å². The molecule has 11 heavy (non-hydrogen) atoms. The molecule has 3 N–H and O–H groups in total. The molecule has 0 aliphatic heterocycles. The van der Waals surface area contributed by atoms with Crippen molar-refractivity contribution in [2.45, 2.75) is 18.9 Å². The first-order chi connectivity index (χ1) is 4.54. The second-order valence-electron chi connectivity index (χ2n) is 1.79. The van der Waals surface area contributed by atoms with Crippen molar-refractivity contribution in [2.24, 2.45) is 0 Å². The third-order valence-electron chi connectivity index (χ3n) is 0.917. The summed E-state index contributed by atoms with van der Waals surface area (Å²) in [5, 5.41) is 24.6. The van der Waals surface area contributed by atoms with Crippen LogP contribution in [-0.2, 0) is 9.59 Å². The summed E-state index contributed by atoms with van der Waals surface area (Å²) in [6.45, 7) is 0. The molecule has 0 fully saturated rings. The summed E-state index contributed by atoms with van der Waals surface area (Å²) in [6, 6.07) is 0. The number of carbonyl (C=O) groups is 2. The van der Waals surface area contributed by atoms with Gasteiger partial charge in [0.1, 0.15) is 0 Å². The predicted molar refractivity (Wildman–Crippen MR) is 37.7 cm³/mol. The first-order valence-corrected chi connectivity index (χ1v) is 2.66. The van der Waals surface area contributed by atoms with Gasteiger partial charge in [-0.1, -0.05) is 0 Å². The Kier molecular flexibility index (Phi) is 8.09. The molecule has 0 amide bonds. The van der Waals surface area contributed by atoms with Gasteiger partial charge in [0, 0.05) is 6.42 Å². The fraction of sp³-hybridized carbons (Fsp3) is 0.600. The maximum atomic E-state index is 9.87. The molecule has 60 valence electrons. The van der Waals surface area contributed by atoms with Gasteiger partial charge in [-0.3, -0.25) is 4.79 Å². The summed E-state index contributed by atoms with van der Waals surface area (Å²) in [5.41, 5.74) is 0. The van der Waals surface area contributed by atoms with E-state index >= 15 is 0 Å². The van der Waals surface area contributed by atoms with E-state index in [2.05, 4.69) is 0 Å². The Hall–Kier alpha value is -0.100. The van der Waals surface area contributed by atoms with Gasteiger partial charge < -0.3 is 15.3 Å². The van der Waals surface area contributed by atoms with E-state index in [9.17, 15) is 9.59 Å². The molecule has 0 bridgehead atoms. The Balaban J connectivity index is 0. The van der Waals surface area contributed by atoms with Crippen LogP contribution in [0.25, 0.3) is 0 Å². The fourth-order valence-electron chi connectivity index (χ4n) is 0.384. The summed E-state index contributed by atoms with van der Waals surface area (Å²) in [4.78, 5) is 19.7. The quantitative estimate of drug-likeness (QED) is 0.455. The van der Waals surface area contributed by atoms with Crippen molar-refractivity contribution in [2.75, 3.05) is 0 Å². The molecule has 0 radical (unpaired) electrons. The third-order valence-corrected chi connectivity index (χ3v) is 0.917. The third kappa shape index (κ3) is 7.80. The van der Waals surface area contributed by atoms with E-state index < -0.39 is 18.0 Å². The fourth-order valence-corrected chi connectivity index (χ4v) is 0.384. The first kappa shape index (κ1) is 13.5. The zero-order valence-electron chi connectivity index (χ0n) is 5.15. The molecule has 0 rings (SSSR count). The van der Waals surface area contributed by atoms with Crippen LogP contribution in [0.2, 0.25) is 0 Å². The average molecular weight is 172 g/mol. The molecule has 0 aromatic carbocycles. The van der Waals surface area contributed by atoms with Crippen molar-refractivity contribution in [3.63, 3.8) is 0 Å². The van der Waals surface area contributed by atoms with Gasteiger partial charge in [-0.15, -0.1) is 0 Å². The molecule has 0 saturated carbocycles. The first-order valence-electron chi connectivity index (χ1n) is 2.66. The zero-order chi connectivity index (χ0) is 8.15. The molecule has 5 nitrogen and oxygen atoms in total. The van der Waals surface area contributed by atoms with Crippen LogP contribution in [-0.4, -0.2) is 62.9 Å². The van der Waals surface area contributed by atoms with Gasteiger partial charge in [0.25, 0.3) is 0 Å². The maximum absolute atomic E-state index is 9.87. The Morgan fingerprint density at radius 2 is 1.73 bits per heavy atom. The number of rotatable bonds is 4. The topological polar surface area (TPSA) is 94.8 Å². The van der Waals surface area contributed by atoms with Crippen LogP contribution >= 0.6 is 0 Å². The Morgan fingerprint density at radius 1 is 1.27 bits per heavy atom. The zero-order valence-corrected chi connectivity index (χ0v) is 5.15. The molecule has 6 heteroatoms. The number of aliphatic hydroxyl groups is 1. The van der Waals surface area contributed by atoms with Crippen molar-refractivity contribution in [1.29, 1.82) is 0 Å². The van der Waals surface area contributed by atoms with Gasteiger partial charge in [0.05, 0.1) is 0 Å². The van der Waals surface area contributed by atoms with Crippen LogP contribution in [0.3, 0.4) is 0 Å². The van der Waals surface area contributed by atoms with Crippen LogP contribution in [0, 0.1) is 0 Å². The molecule has 0 aromatic heterocycles. The number of hydrogen-bond donors (Lipinski definition) is 3. The summed E-state index contributed by atoms with van der Waals surface area (Å²) < 4.78 is 0. The molecule has 1 unspecified atom stereocenters. The van der Waals surface area contributed by atoms with Crippen molar-refractivity contribution >= 4 is 41.5 Å². The van der Waals surface area contributed by atoms with Crippen LogP contribution in [0.5, 0.6) is 0 Å². The molecular formula is C5H9NaO5. The van der Waals surface area contributed by atoms with E-state index in [0.717, 1.165) is 0 Å². The summed E-state index contributed by atoms with van der Waals surface area (Å²) in [5.74, 6) is -2.50. The molecule has 0 aromatic rings. The van der Waals surface area contributed by atoms with Crippen LogP contribution in [0.4, 0.5) is 0 Å². The molecule has 1 atom stereocenters. The standard InChI is InChI=1S/C5H8O5.Na.H/c6-3(5(9)10)1-2-4(7)8;;/h3,6H,1-2H2,(H,7,8)(H,9,10);;. The Bertz CT molecular complexity index is 146. The SMILES string of the molecule is O=C(O)CCC(O)C(=O)O.[NaH]. The van der Waals surface area contributed by atoms with E-state index in [0.29, 0.717) is 0 Å². The van der Waals surface area contributed by atoms with E-state index in [1.54, 1.807) is 0 Å². The van der Waals surface area contributed by atoms with E-state index in [4.69, 9.17) is 15.3 Å². The van der Waals surface area contributed by atoms with E-state index in [1.807, 2.05) is 0 Å². The molecular weight excluding hydrogens is 163 g/mol. The van der Waals surface area contributed by atoms with Gasteiger partial charge in [-0.05, 0) is 6.42 Å². The number of hydrogen-bond acceptors (Lipinski definition) is 3. The second-order valence-corrected chi connectivity index (χ2v) is 1.79. The predicted octanol–water partition coefficient (Wildman–Crippen LogP) is -1.35. The van der Waals surface area contributed by atoms with Crippen LogP contribution in [0.1, 0.15) is 12.8 Å². The molecule has 0 aliphatic rings. The van der Waals surface area contributed by atoms with Crippen LogP contribution in [0.15, 0.2) is 0 Å². The molecule has 0 saturated heterocycles. The second kappa shape index (κ2) is 6.60. The Morgan fingerprint density at radius 3 is 2.00 bits per heavy atom. The van der Waals surface area contributed by atoms with Gasteiger partial charge in [0.2, 0.25) is 0 Å². The molecule has 0 heterocycles. The number of carboxylic acid groups (broad SMARTS) is 2. The monoisotopic (exact) mass is 172 g/mol. The van der Waals surface area contributed by atoms with Crippen molar-refractivity contribution < 1.29 is 24.9 Å².